The fraction of sp³-hybridized carbons (Fsp3) is 0.357. The van der Waals surface area contributed by atoms with Crippen LogP contribution in [0.5, 0.6) is 0 Å². The van der Waals surface area contributed by atoms with E-state index in [1.165, 1.54) is 6.07 Å². The highest BCUT2D eigenvalue weighted by Gasteiger charge is 2.16. The van der Waals surface area contributed by atoms with Crippen molar-refractivity contribution in [2.45, 2.75) is 19.4 Å². The third kappa shape index (κ3) is 2.76. The predicted molar refractivity (Wildman–Crippen MR) is 69.7 cm³/mol. The van der Waals surface area contributed by atoms with E-state index in [4.69, 9.17) is 0 Å². The first-order valence-corrected chi connectivity index (χ1v) is 6.17. The summed E-state index contributed by atoms with van der Waals surface area (Å²) in [6, 6.07) is 6.68. The second kappa shape index (κ2) is 5.78. The quantitative estimate of drug-likeness (QED) is 0.880. The first-order valence-electron chi connectivity index (χ1n) is 6.17. The van der Waals surface area contributed by atoms with E-state index in [9.17, 15) is 4.39 Å². The van der Waals surface area contributed by atoms with Crippen LogP contribution in [-0.2, 0) is 7.05 Å². The lowest BCUT2D eigenvalue weighted by Gasteiger charge is -2.19. The van der Waals surface area contributed by atoms with E-state index < -0.39 is 0 Å². The number of benzene rings is 1. The van der Waals surface area contributed by atoms with E-state index in [1.807, 2.05) is 23.9 Å². The van der Waals surface area contributed by atoms with Gasteiger partial charge in [-0.25, -0.2) is 9.37 Å². The number of nitrogens with zero attached hydrogens (tertiary/aromatic N) is 2. The van der Waals surface area contributed by atoms with Crippen LogP contribution in [0.15, 0.2) is 36.8 Å². The molecular weight excluding hydrogens is 229 g/mol. The number of rotatable bonds is 5. The van der Waals surface area contributed by atoms with Crippen LogP contribution in [0.25, 0.3) is 0 Å². The first-order chi connectivity index (χ1) is 8.72. The number of aryl methyl sites for hydroxylation is 1. The Morgan fingerprint density at radius 1 is 1.44 bits per heavy atom. The van der Waals surface area contributed by atoms with Gasteiger partial charge in [-0.3, -0.25) is 0 Å². The fourth-order valence-corrected chi connectivity index (χ4v) is 2.01. The van der Waals surface area contributed by atoms with Crippen molar-refractivity contribution in [3.8, 4) is 0 Å². The SMILES string of the molecule is CCCNC(c1cccc(F)c1)c1cncn1C. The second-order valence-corrected chi connectivity index (χ2v) is 4.37. The normalized spacial score (nSPS) is 12.6. The van der Waals surface area contributed by atoms with Crippen LogP contribution < -0.4 is 5.32 Å². The summed E-state index contributed by atoms with van der Waals surface area (Å²) in [5, 5.41) is 3.43. The van der Waals surface area contributed by atoms with Crippen LogP contribution in [-0.4, -0.2) is 16.1 Å². The molecule has 96 valence electrons. The van der Waals surface area contributed by atoms with Gasteiger partial charge >= 0.3 is 0 Å². The number of nitrogens with one attached hydrogen (secondary N) is 1. The Morgan fingerprint density at radius 2 is 2.28 bits per heavy atom. The Morgan fingerprint density at radius 3 is 2.89 bits per heavy atom. The molecule has 0 spiro atoms. The van der Waals surface area contributed by atoms with Gasteiger partial charge in [0.1, 0.15) is 5.82 Å². The monoisotopic (exact) mass is 247 g/mol. The molecule has 2 rings (SSSR count). The second-order valence-electron chi connectivity index (χ2n) is 4.37. The zero-order valence-corrected chi connectivity index (χ0v) is 10.7. The van der Waals surface area contributed by atoms with Gasteiger partial charge in [-0.2, -0.15) is 0 Å². The van der Waals surface area contributed by atoms with Gasteiger partial charge in [0.15, 0.2) is 0 Å². The maximum atomic E-state index is 13.3. The smallest absolute Gasteiger partial charge is 0.123 e. The van der Waals surface area contributed by atoms with Crippen molar-refractivity contribution in [2.24, 2.45) is 7.05 Å². The molecule has 1 N–H and O–H groups in total. The molecule has 0 aliphatic heterocycles. The highest BCUT2D eigenvalue weighted by molar-refractivity contribution is 5.27. The summed E-state index contributed by atoms with van der Waals surface area (Å²) in [5.41, 5.74) is 1.96. The van der Waals surface area contributed by atoms with Crippen molar-refractivity contribution in [2.75, 3.05) is 6.54 Å². The Kier molecular flexibility index (Phi) is 4.10. The van der Waals surface area contributed by atoms with E-state index in [2.05, 4.69) is 17.2 Å². The molecule has 1 aromatic carbocycles. The molecule has 0 aliphatic rings. The lowest BCUT2D eigenvalue weighted by atomic mass is 10.0. The zero-order chi connectivity index (χ0) is 13.0. The van der Waals surface area contributed by atoms with Crippen LogP contribution in [0, 0.1) is 5.82 Å². The average Bonchev–Trinajstić information content (AvgIpc) is 2.77. The van der Waals surface area contributed by atoms with E-state index in [0.29, 0.717) is 0 Å². The predicted octanol–water partition coefficient (Wildman–Crippen LogP) is 2.65. The van der Waals surface area contributed by atoms with Gasteiger partial charge in [-0.15, -0.1) is 0 Å². The van der Waals surface area contributed by atoms with Crippen LogP contribution in [0.2, 0.25) is 0 Å². The van der Waals surface area contributed by atoms with Crippen LogP contribution >= 0.6 is 0 Å². The number of imidazole rings is 1. The molecule has 4 heteroatoms. The number of aromatic nitrogens is 2. The third-order valence-corrected chi connectivity index (χ3v) is 2.93. The largest absolute Gasteiger partial charge is 0.336 e. The van der Waals surface area contributed by atoms with Crippen molar-refractivity contribution >= 4 is 0 Å². The lowest BCUT2D eigenvalue weighted by molar-refractivity contribution is 0.562. The van der Waals surface area contributed by atoms with Gasteiger partial charge in [0.2, 0.25) is 0 Å². The van der Waals surface area contributed by atoms with Crippen molar-refractivity contribution in [1.29, 1.82) is 0 Å². The van der Waals surface area contributed by atoms with Gasteiger partial charge in [-0.05, 0) is 30.7 Å². The van der Waals surface area contributed by atoms with Crippen LogP contribution in [0.1, 0.15) is 30.6 Å². The Labute approximate surface area is 107 Å². The van der Waals surface area contributed by atoms with Gasteiger partial charge in [0.05, 0.1) is 24.3 Å². The van der Waals surface area contributed by atoms with Crippen molar-refractivity contribution in [1.82, 2.24) is 14.9 Å². The van der Waals surface area contributed by atoms with Crippen molar-refractivity contribution in [3.05, 3.63) is 53.9 Å². The Balaban J connectivity index is 2.33. The van der Waals surface area contributed by atoms with Crippen LogP contribution in [0.4, 0.5) is 4.39 Å². The summed E-state index contributed by atoms with van der Waals surface area (Å²) in [6.07, 6.45) is 4.61. The summed E-state index contributed by atoms with van der Waals surface area (Å²) in [6.45, 7) is 2.99. The Bertz CT molecular complexity index is 507. The molecule has 1 atom stereocenters. The topological polar surface area (TPSA) is 29.9 Å². The molecule has 0 saturated heterocycles. The number of halogens is 1. The van der Waals surface area contributed by atoms with E-state index >= 15 is 0 Å². The fourth-order valence-electron chi connectivity index (χ4n) is 2.01. The molecule has 2 aromatic rings. The molecule has 0 radical (unpaired) electrons. The first kappa shape index (κ1) is 12.8. The summed E-state index contributed by atoms with van der Waals surface area (Å²) in [7, 11) is 1.95. The number of hydrogen-bond donors (Lipinski definition) is 1. The van der Waals surface area contributed by atoms with Crippen LogP contribution in [0.3, 0.4) is 0 Å². The van der Waals surface area contributed by atoms with Gasteiger partial charge in [-0.1, -0.05) is 19.1 Å². The third-order valence-electron chi connectivity index (χ3n) is 2.93. The molecule has 0 aliphatic carbocycles. The van der Waals surface area contributed by atoms with Gasteiger partial charge < -0.3 is 9.88 Å². The summed E-state index contributed by atoms with van der Waals surface area (Å²) < 4.78 is 15.3. The molecule has 0 saturated carbocycles. The van der Waals surface area contributed by atoms with Crippen molar-refractivity contribution < 1.29 is 4.39 Å². The molecule has 1 unspecified atom stereocenters. The molecule has 1 aromatic heterocycles. The molecule has 0 amide bonds. The van der Waals surface area contributed by atoms with E-state index in [1.54, 1.807) is 18.5 Å². The minimum atomic E-state index is -0.210. The summed E-state index contributed by atoms with van der Waals surface area (Å²) in [4.78, 5) is 4.13. The minimum absolute atomic E-state index is 0.0202. The molecule has 0 bridgehead atoms. The lowest BCUT2D eigenvalue weighted by Crippen LogP contribution is -2.25. The Hall–Kier alpha value is -1.68. The number of hydrogen-bond acceptors (Lipinski definition) is 2. The van der Waals surface area contributed by atoms with E-state index in [0.717, 1.165) is 24.2 Å². The highest BCUT2D eigenvalue weighted by atomic mass is 19.1. The molecular formula is C14H18FN3. The molecule has 0 fully saturated rings. The maximum Gasteiger partial charge on any atom is 0.123 e. The standard InChI is InChI=1S/C14H18FN3/c1-3-7-17-14(13-9-16-10-18(13)2)11-5-4-6-12(15)8-11/h4-6,8-10,14,17H,3,7H2,1-2H3. The summed E-state index contributed by atoms with van der Waals surface area (Å²) in [5.74, 6) is -0.210. The van der Waals surface area contributed by atoms with Gasteiger partial charge in [0, 0.05) is 7.05 Å². The average molecular weight is 247 g/mol. The molecule has 3 nitrogen and oxygen atoms in total. The van der Waals surface area contributed by atoms with E-state index in [-0.39, 0.29) is 11.9 Å². The summed E-state index contributed by atoms with van der Waals surface area (Å²) >= 11 is 0. The molecule has 18 heavy (non-hydrogen) atoms. The zero-order valence-electron chi connectivity index (χ0n) is 10.7. The van der Waals surface area contributed by atoms with Crippen molar-refractivity contribution in [3.63, 3.8) is 0 Å². The van der Waals surface area contributed by atoms with Gasteiger partial charge in [0.25, 0.3) is 0 Å². The molecule has 1 heterocycles. The maximum absolute atomic E-state index is 13.3. The minimum Gasteiger partial charge on any atom is -0.336 e. The highest BCUT2D eigenvalue weighted by Crippen LogP contribution is 2.21.